The number of carbonyl (C=O) groups excluding carboxylic acids is 1. The Kier molecular flexibility index (Phi) is 4.81. The van der Waals surface area contributed by atoms with Crippen LogP contribution in [0.3, 0.4) is 0 Å². The van der Waals surface area contributed by atoms with Crippen molar-refractivity contribution in [2.45, 2.75) is 0 Å². The molecular formula is C17H10BrFN2O3. The second-order valence-electron chi connectivity index (χ2n) is 4.69. The first-order chi connectivity index (χ1) is 11.6. The summed E-state index contributed by atoms with van der Waals surface area (Å²) in [6.07, 6.45) is 3.75. The Labute approximate surface area is 144 Å². The molecule has 0 bridgehead atoms. The number of esters is 1. The van der Waals surface area contributed by atoms with Gasteiger partial charge in [-0.15, -0.1) is 10.2 Å². The fraction of sp³-hybridized carbons (Fsp3) is 0. The van der Waals surface area contributed by atoms with Crippen molar-refractivity contribution in [2.24, 2.45) is 0 Å². The molecule has 0 atom stereocenters. The number of hydrogen-bond acceptors (Lipinski definition) is 5. The lowest BCUT2D eigenvalue weighted by molar-refractivity contribution is -0.128. The van der Waals surface area contributed by atoms with E-state index >= 15 is 0 Å². The summed E-state index contributed by atoms with van der Waals surface area (Å²) in [5, 5.41) is 7.37. The van der Waals surface area contributed by atoms with Crippen LogP contribution in [0.1, 0.15) is 5.56 Å². The van der Waals surface area contributed by atoms with Crippen LogP contribution in [0, 0.1) is 5.82 Å². The van der Waals surface area contributed by atoms with Gasteiger partial charge in [0.25, 0.3) is 0 Å². The highest BCUT2D eigenvalue weighted by molar-refractivity contribution is 9.10. The monoisotopic (exact) mass is 388 g/mol. The Morgan fingerprint density at radius 1 is 1.21 bits per heavy atom. The van der Waals surface area contributed by atoms with E-state index in [9.17, 15) is 9.18 Å². The van der Waals surface area contributed by atoms with Gasteiger partial charge >= 0.3 is 5.97 Å². The van der Waals surface area contributed by atoms with Gasteiger partial charge in [-0.05, 0) is 48.5 Å². The third-order valence-corrected chi connectivity index (χ3v) is 3.53. The predicted octanol–water partition coefficient (Wildman–Crippen LogP) is 4.26. The van der Waals surface area contributed by atoms with Gasteiger partial charge in [0.15, 0.2) is 0 Å². The van der Waals surface area contributed by atoms with Crippen molar-refractivity contribution < 1.29 is 18.3 Å². The van der Waals surface area contributed by atoms with Gasteiger partial charge in [0.05, 0.1) is 0 Å². The van der Waals surface area contributed by atoms with Crippen LogP contribution in [-0.4, -0.2) is 16.2 Å². The lowest BCUT2D eigenvalue weighted by Gasteiger charge is -2.02. The van der Waals surface area contributed by atoms with Crippen molar-refractivity contribution in [2.75, 3.05) is 0 Å². The molecule has 3 aromatic rings. The Balaban J connectivity index is 1.66. The SMILES string of the molecule is O=C(C=Cc1cc(Br)ccc1F)Oc1ccc(-c2nnco2)cc1. The molecule has 1 heterocycles. The fourth-order valence-electron chi connectivity index (χ4n) is 1.91. The molecule has 0 spiro atoms. The van der Waals surface area contributed by atoms with Crippen molar-refractivity contribution in [1.82, 2.24) is 10.2 Å². The van der Waals surface area contributed by atoms with Crippen LogP contribution in [0.4, 0.5) is 4.39 Å². The third kappa shape index (κ3) is 3.94. The summed E-state index contributed by atoms with van der Waals surface area (Å²) in [5.74, 6) is -0.313. The molecule has 2 aromatic carbocycles. The van der Waals surface area contributed by atoms with Crippen molar-refractivity contribution in [3.63, 3.8) is 0 Å². The van der Waals surface area contributed by atoms with Gasteiger partial charge in [-0.2, -0.15) is 0 Å². The molecule has 3 rings (SSSR count). The van der Waals surface area contributed by atoms with Crippen LogP contribution in [0.15, 0.2) is 63.8 Å². The molecule has 24 heavy (non-hydrogen) atoms. The van der Waals surface area contributed by atoms with E-state index in [4.69, 9.17) is 9.15 Å². The van der Waals surface area contributed by atoms with Gasteiger partial charge in [-0.1, -0.05) is 15.9 Å². The van der Waals surface area contributed by atoms with Gasteiger partial charge in [0.1, 0.15) is 11.6 Å². The van der Waals surface area contributed by atoms with Gasteiger partial charge in [-0.25, -0.2) is 9.18 Å². The summed E-state index contributed by atoms with van der Waals surface area (Å²) < 4.78 is 24.5. The van der Waals surface area contributed by atoms with Crippen LogP contribution in [0.5, 0.6) is 5.75 Å². The number of hydrogen-bond donors (Lipinski definition) is 0. The molecule has 0 aliphatic heterocycles. The molecule has 7 heteroatoms. The zero-order valence-corrected chi connectivity index (χ0v) is 13.7. The Morgan fingerprint density at radius 2 is 2.00 bits per heavy atom. The maximum absolute atomic E-state index is 13.6. The van der Waals surface area contributed by atoms with Crippen molar-refractivity contribution in [3.8, 4) is 17.2 Å². The van der Waals surface area contributed by atoms with E-state index in [-0.39, 0.29) is 5.56 Å². The molecule has 1 aromatic heterocycles. The molecule has 5 nitrogen and oxygen atoms in total. The minimum Gasteiger partial charge on any atom is -0.423 e. The highest BCUT2D eigenvalue weighted by atomic mass is 79.9. The number of aromatic nitrogens is 2. The molecule has 0 saturated carbocycles. The number of carbonyl (C=O) groups is 1. The zero-order valence-electron chi connectivity index (χ0n) is 12.1. The summed E-state index contributed by atoms with van der Waals surface area (Å²) in [6, 6.07) is 11.0. The van der Waals surface area contributed by atoms with Crippen LogP contribution in [-0.2, 0) is 4.79 Å². The minimum absolute atomic E-state index is 0.285. The van der Waals surface area contributed by atoms with Crippen LogP contribution in [0.25, 0.3) is 17.5 Å². The summed E-state index contributed by atoms with van der Waals surface area (Å²) in [4.78, 5) is 11.8. The molecule has 0 N–H and O–H groups in total. The average molecular weight is 389 g/mol. The van der Waals surface area contributed by atoms with Crippen LogP contribution in [0.2, 0.25) is 0 Å². The van der Waals surface area contributed by atoms with Gasteiger partial charge < -0.3 is 9.15 Å². The van der Waals surface area contributed by atoms with E-state index in [1.165, 1.54) is 18.5 Å². The largest absolute Gasteiger partial charge is 0.423 e. The molecule has 0 saturated heterocycles. The molecule has 120 valence electrons. The first-order valence-corrected chi connectivity index (χ1v) is 7.63. The normalized spacial score (nSPS) is 10.9. The quantitative estimate of drug-likeness (QED) is 0.379. The number of halogens is 2. The number of nitrogens with zero attached hydrogens (tertiary/aromatic N) is 2. The standard InChI is InChI=1S/C17H10BrFN2O3/c18-13-4-7-15(19)12(9-13)3-8-16(22)24-14-5-1-11(2-6-14)17-21-20-10-23-17/h1-10H. The van der Waals surface area contributed by atoms with Crippen molar-refractivity contribution in [1.29, 1.82) is 0 Å². The number of benzene rings is 2. The lowest BCUT2D eigenvalue weighted by Crippen LogP contribution is -2.03. The third-order valence-electron chi connectivity index (χ3n) is 3.04. The van der Waals surface area contributed by atoms with E-state index in [0.29, 0.717) is 21.7 Å². The van der Waals surface area contributed by atoms with E-state index in [1.54, 1.807) is 36.4 Å². The highest BCUT2D eigenvalue weighted by Gasteiger charge is 2.06. The van der Waals surface area contributed by atoms with Crippen molar-refractivity contribution >= 4 is 28.0 Å². The predicted molar refractivity (Wildman–Crippen MR) is 88.5 cm³/mol. The van der Waals surface area contributed by atoms with Crippen molar-refractivity contribution in [3.05, 3.63) is 70.8 Å². The zero-order chi connectivity index (χ0) is 16.9. The van der Waals surface area contributed by atoms with E-state index in [0.717, 1.165) is 6.08 Å². The number of ether oxygens (including phenoxy) is 1. The molecular weight excluding hydrogens is 379 g/mol. The molecule has 0 aliphatic rings. The fourth-order valence-corrected chi connectivity index (χ4v) is 2.29. The van der Waals surface area contributed by atoms with Crippen LogP contribution < -0.4 is 4.74 Å². The Bertz CT molecular complexity index is 877. The van der Waals surface area contributed by atoms with Gasteiger partial charge in [0, 0.05) is 21.7 Å². The molecule has 0 fully saturated rings. The first kappa shape index (κ1) is 16.1. The van der Waals surface area contributed by atoms with Gasteiger partial charge in [-0.3, -0.25) is 0 Å². The molecule has 0 aliphatic carbocycles. The van der Waals surface area contributed by atoms with E-state index in [2.05, 4.69) is 26.1 Å². The first-order valence-electron chi connectivity index (χ1n) is 6.83. The smallest absolute Gasteiger partial charge is 0.336 e. The highest BCUT2D eigenvalue weighted by Crippen LogP contribution is 2.21. The maximum Gasteiger partial charge on any atom is 0.336 e. The molecule has 0 amide bonds. The average Bonchev–Trinajstić information content (AvgIpc) is 3.11. The topological polar surface area (TPSA) is 65.2 Å². The molecule has 0 radical (unpaired) electrons. The Hall–Kier alpha value is -2.80. The van der Waals surface area contributed by atoms with Gasteiger partial charge in [0.2, 0.25) is 12.3 Å². The Morgan fingerprint density at radius 3 is 2.71 bits per heavy atom. The summed E-state index contributed by atoms with van der Waals surface area (Å²) in [6.45, 7) is 0. The van der Waals surface area contributed by atoms with Crippen LogP contribution >= 0.6 is 15.9 Å². The number of rotatable bonds is 4. The second kappa shape index (κ2) is 7.18. The maximum atomic E-state index is 13.6. The molecule has 0 unspecified atom stereocenters. The summed E-state index contributed by atoms with van der Waals surface area (Å²) in [5.41, 5.74) is 0.993. The lowest BCUT2D eigenvalue weighted by atomic mass is 10.2. The minimum atomic E-state index is -0.611. The van der Waals surface area contributed by atoms with E-state index in [1.807, 2.05) is 0 Å². The summed E-state index contributed by atoms with van der Waals surface area (Å²) >= 11 is 3.25. The van der Waals surface area contributed by atoms with E-state index < -0.39 is 11.8 Å². The summed E-state index contributed by atoms with van der Waals surface area (Å²) in [7, 11) is 0. The second-order valence-corrected chi connectivity index (χ2v) is 5.60.